The van der Waals surface area contributed by atoms with Gasteiger partial charge in [-0.3, -0.25) is 24.3 Å². The number of aromatic nitrogens is 1. The molecule has 0 radical (unpaired) electrons. The van der Waals surface area contributed by atoms with Crippen LogP contribution < -0.4 is 21.3 Å². The number of hydrogen-bond donors (Lipinski definition) is 4. The topological polar surface area (TPSA) is 198 Å². The zero-order chi connectivity index (χ0) is 44.3. The molecular weight excluding hydrogens is 771 g/mol. The van der Waals surface area contributed by atoms with Gasteiger partial charge in [0.25, 0.3) is 0 Å². The second kappa shape index (κ2) is 20.4. The van der Waals surface area contributed by atoms with Crippen LogP contribution in [0.4, 0.5) is 20.1 Å². The number of fused-ring (bicyclic) bond motifs is 1. The van der Waals surface area contributed by atoms with Crippen LogP contribution in [0.25, 0.3) is 10.9 Å². The summed E-state index contributed by atoms with van der Waals surface area (Å²) in [4.78, 5) is 88.3. The van der Waals surface area contributed by atoms with E-state index in [0.29, 0.717) is 12.1 Å². The van der Waals surface area contributed by atoms with Gasteiger partial charge in [-0.25, -0.2) is 14.4 Å². The van der Waals surface area contributed by atoms with Crippen LogP contribution in [0.15, 0.2) is 66.9 Å². The Labute approximate surface area is 352 Å². The Morgan fingerprint density at radius 3 is 1.93 bits per heavy atom. The van der Waals surface area contributed by atoms with E-state index in [2.05, 4.69) is 26.3 Å². The minimum atomic E-state index is -1.18. The number of nitrogens with zero attached hydrogens (tertiary/aromatic N) is 3. The van der Waals surface area contributed by atoms with Gasteiger partial charge in [0.15, 0.2) is 0 Å². The van der Waals surface area contributed by atoms with Crippen LogP contribution in [0.2, 0.25) is 0 Å². The highest BCUT2D eigenvalue weighted by molar-refractivity contribution is 5.99. The summed E-state index contributed by atoms with van der Waals surface area (Å²) in [6.45, 7) is 15.4. The number of nitrogens with one attached hydrogen (secondary N) is 4. The molecule has 2 heterocycles. The van der Waals surface area contributed by atoms with Crippen molar-refractivity contribution in [1.29, 1.82) is 0 Å². The Hall–Kier alpha value is -5.93. The number of benzene rings is 2. The standard InChI is InChI=1S/C44H61N7O9/c1-42(2,3)58-39(55)45-21-23-50(24-22-46-40(56)59-43(4,5)6)38(54)31-26-35(51(28-31)41(57)60-44(7,8)9)37(53)49-34(20-19-29-15-11-10-12-16-29)36(52)48-32-25-30-17-13-14-18-33(30)47-27-32/h10-18,25,27,31,34-35H,19-24,26,28H2,1-9H3,(H,45,55)(H,46,56)(H,48,52)(H,49,53). The monoisotopic (exact) mass is 831 g/mol. The lowest BCUT2D eigenvalue weighted by atomic mass is 10.0. The molecule has 1 saturated heterocycles. The van der Waals surface area contributed by atoms with E-state index in [4.69, 9.17) is 14.2 Å². The molecule has 16 heteroatoms. The zero-order valence-corrected chi connectivity index (χ0v) is 36.3. The summed E-state index contributed by atoms with van der Waals surface area (Å²) in [5.74, 6) is -2.41. The lowest BCUT2D eigenvalue weighted by molar-refractivity contribution is -0.135. The van der Waals surface area contributed by atoms with Crippen molar-refractivity contribution in [3.8, 4) is 0 Å². The molecule has 4 N–H and O–H groups in total. The Kier molecular flexibility index (Phi) is 15.9. The van der Waals surface area contributed by atoms with Crippen molar-refractivity contribution in [3.63, 3.8) is 0 Å². The number of para-hydroxylation sites is 1. The molecule has 0 spiro atoms. The predicted molar refractivity (Wildman–Crippen MR) is 227 cm³/mol. The summed E-state index contributed by atoms with van der Waals surface area (Å²) in [6, 6.07) is 16.6. The minimum Gasteiger partial charge on any atom is -0.444 e. The van der Waals surface area contributed by atoms with Crippen molar-refractivity contribution in [1.82, 2.24) is 30.7 Å². The SMILES string of the molecule is CC(C)(C)OC(=O)NCCN(CCNC(=O)OC(C)(C)C)C(=O)C1CC(C(=O)NC(CCc2ccccc2)C(=O)Nc2cnc3ccccc3c2)N(C(=O)OC(C)(C)C)C1. The third kappa shape index (κ3) is 15.3. The van der Waals surface area contributed by atoms with E-state index in [0.717, 1.165) is 16.5 Å². The molecule has 0 saturated carbocycles. The Balaban J connectivity index is 1.56. The number of ether oxygens (including phenoxy) is 3. The molecule has 3 atom stereocenters. The smallest absolute Gasteiger partial charge is 0.410 e. The number of amides is 6. The fourth-order valence-corrected chi connectivity index (χ4v) is 6.45. The summed E-state index contributed by atoms with van der Waals surface area (Å²) in [7, 11) is 0. The molecule has 3 unspecified atom stereocenters. The molecule has 1 aromatic heterocycles. The second-order valence-corrected chi connectivity index (χ2v) is 17.8. The Morgan fingerprint density at radius 2 is 1.35 bits per heavy atom. The van der Waals surface area contributed by atoms with Gasteiger partial charge in [0.2, 0.25) is 17.7 Å². The number of anilines is 1. The average Bonchev–Trinajstić information content (AvgIpc) is 3.60. The minimum absolute atomic E-state index is 0.0183. The molecule has 2 aromatic carbocycles. The number of pyridine rings is 1. The quantitative estimate of drug-likeness (QED) is 0.144. The van der Waals surface area contributed by atoms with E-state index < -0.39 is 70.8 Å². The van der Waals surface area contributed by atoms with E-state index in [9.17, 15) is 28.8 Å². The number of hydrogen-bond acceptors (Lipinski definition) is 10. The largest absolute Gasteiger partial charge is 0.444 e. The van der Waals surface area contributed by atoms with Crippen LogP contribution in [0.1, 0.15) is 80.7 Å². The first kappa shape index (κ1) is 46.8. The Morgan fingerprint density at radius 1 is 0.783 bits per heavy atom. The van der Waals surface area contributed by atoms with Crippen molar-refractivity contribution in [2.75, 3.05) is 38.0 Å². The van der Waals surface area contributed by atoms with Crippen molar-refractivity contribution in [3.05, 3.63) is 72.4 Å². The van der Waals surface area contributed by atoms with Gasteiger partial charge < -0.3 is 40.4 Å². The van der Waals surface area contributed by atoms with Crippen LogP contribution >= 0.6 is 0 Å². The van der Waals surface area contributed by atoms with E-state index >= 15 is 0 Å². The van der Waals surface area contributed by atoms with Gasteiger partial charge in [-0.05, 0) is 99.3 Å². The molecule has 6 amide bonds. The van der Waals surface area contributed by atoms with Gasteiger partial charge in [0.05, 0.1) is 23.3 Å². The highest BCUT2D eigenvalue weighted by Crippen LogP contribution is 2.28. The normalized spacial score (nSPS) is 16.0. The van der Waals surface area contributed by atoms with Crippen molar-refractivity contribution in [2.24, 2.45) is 5.92 Å². The maximum absolute atomic E-state index is 14.3. The first-order chi connectivity index (χ1) is 28.1. The summed E-state index contributed by atoms with van der Waals surface area (Å²) in [5.41, 5.74) is -0.233. The van der Waals surface area contributed by atoms with E-state index in [1.165, 1.54) is 9.80 Å². The number of carbonyl (C=O) groups is 6. The summed E-state index contributed by atoms with van der Waals surface area (Å²) < 4.78 is 16.4. The summed E-state index contributed by atoms with van der Waals surface area (Å²) >= 11 is 0. The molecule has 1 aliphatic rings. The van der Waals surface area contributed by atoms with Gasteiger partial charge in [-0.2, -0.15) is 0 Å². The molecule has 0 aliphatic carbocycles. The van der Waals surface area contributed by atoms with E-state index in [1.54, 1.807) is 74.6 Å². The fraction of sp³-hybridized carbons (Fsp3) is 0.523. The molecule has 0 bridgehead atoms. The maximum atomic E-state index is 14.3. The number of aryl methyl sites for hydroxylation is 1. The van der Waals surface area contributed by atoms with Crippen LogP contribution in [-0.2, 0) is 35.0 Å². The average molecular weight is 832 g/mol. The molecule has 4 rings (SSSR count). The lowest BCUT2D eigenvalue weighted by Crippen LogP contribution is -2.52. The van der Waals surface area contributed by atoms with Gasteiger partial charge >= 0.3 is 18.3 Å². The van der Waals surface area contributed by atoms with E-state index in [-0.39, 0.29) is 45.6 Å². The Bertz CT molecular complexity index is 1940. The molecule has 1 aliphatic heterocycles. The van der Waals surface area contributed by atoms with Crippen LogP contribution in [-0.4, -0.2) is 112 Å². The van der Waals surface area contributed by atoms with Gasteiger partial charge in [-0.15, -0.1) is 0 Å². The van der Waals surface area contributed by atoms with Crippen molar-refractivity contribution >= 4 is 52.6 Å². The fourth-order valence-electron chi connectivity index (χ4n) is 6.45. The van der Waals surface area contributed by atoms with Crippen LogP contribution in [0.3, 0.4) is 0 Å². The van der Waals surface area contributed by atoms with Crippen molar-refractivity contribution in [2.45, 2.75) is 110 Å². The number of carbonyl (C=O) groups excluding carboxylic acids is 6. The van der Waals surface area contributed by atoms with E-state index in [1.807, 2.05) is 54.6 Å². The molecule has 1 fully saturated rings. The number of likely N-dealkylation sites (tertiary alicyclic amines) is 1. The van der Waals surface area contributed by atoms with Crippen LogP contribution in [0.5, 0.6) is 0 Å². The summed E-state index contributed by atoms with van der Waals surface area (Å²) in [5, 5.41) is 11.9. The maximum Gasteiger partial charge on any atom is 0.410 e. The highest BCUT2D eigenvalue weighted by Gasteiger charge is 2.45. The highest BCUT2D eigenvalue weighted by atomic mass is 16.6. The zero-order valence-electron chi connectivity index (χ0n) is 36.3. The molecular formula is C44H61N7O9. The third-order valence-electron chi connectivity index (χ3n) is 9.05. The third-order valence-corrected chi connectivity index (χ3v) is 9.05. The number of rotatable bonds is 14. The van der Waals surface area contributed by atoms with Gasteiger partial charge in [0.1, 0.15) is 28.9 Å². The van der Waals surface area contributed by atoms with Gasteiger partial charge in [0, 0.05) is 38.1 Å². The molecule has 60 heavy (non-hydrogen) atoms. The number of alkyl carbamates (subject to hydrolysis) is 2. The molecule has 3 aromatic rings. The second-order valence-electron chi connectivity index (χ2n) is 17.8. The van der Waals surface area contributed by atoms with Crippen molar-refractivity contribution < 1.29 is 43.0 Å². The van der Waals surface area contributed by atoms with Gasteiger partial charge in [-0.1, -0.05) is 48.5 Å². The first-order valence-corrected chi connectivity index (χ1v) is 20.3. The molecule has 326 valence electrons. The predicted octanol–water partition coefficient (Wildman–Crippen LogP) is 5.79. The first-order valence-electron chi connectivity index (χ1n) is 20.3. The summed E-state index contributed by atoms with van der Waals surface area (Å²) in [6.07, 6.45) is 0.0202. The molecule has 16 nitrogen and oxygen atoms in total. The van der Waals surface area contributed by atoms with Crippen LogP contribution in [0, 0.1) is 5.92 Å². The lowest BCUT2D eigenvalue weighted by Gasteiger charge is -2.29.